The van der Waals surface area contributed by atoms with Crippen LogP contribution in [0.5, 0.6) is 0 Å². The van der Waals surface area contributed by atoms with Gasteiger partial charge >= 0.3 is 0 Å². The lowest BCUT2D eigenvalue weighted by atomic mass is 9.79. The number of rotatable bonds is 5. The molecular weight excluding hydrogens is 312 g/mol. The number of carbonyl (C=O) groups excluding carboxylic acids is 2. The largest absolute Gasteiger partial charge is 0.388 e. The van der Waals surface area contributed by atoms with Crippen LogP contribution in [0.25, 0.3) is 0 Å². The van der Waals surface area contributed by atoms with Crippen molar-refractivity contribution < 1.29 is 14.7 Å². The first-order chi connectivity index (χ1) is 11.5. The van der Waals surface area contributed by atoms with Crippen LogP contribution in [0.4, 0.5) is 0 Å². The smallest absolute Gasteiger partial charge is 0.267 e. The highest BCUT2D eigenvalue weighted by molar-refractivity contribution is 6.39. The minimum atomic E-state index is -0.203. The standard InChI is InChI=1S/C15H22N6O3/c1-3-21-12(8-22)17-18-14(21)9-6-10(7-9)16-15(24)11-4-5-13(23)20(2)19-11/h9-10,22H,3-8H2,1-2H3,(H,16,24). The Labute approximate surface area is 139 Å². The van der Waals surface area contributed by atoms with E-state index in [4.69, 9.17) is 0 Å². The Morgan fingerprint density at radius 1 is 1.33 bits per heavy atom. The van der Waals surface area contributed by atoms with Gasteiger partial charge in [0.25, 0.3) is 5.91 Å². The maximum absolute atomic E-state index is 12.2. The molecular formula is C15H22N6O3. The third kappa shape index (κ3) is 3.03. The van der Waals surface area contributed by atoms with Crippen molar-refractivity contribution in [2.45, 2.75) is 57.7 Å². The predicted molar refractivity (Wildman–Crippen MR) is 85.0 cm³/mol. The van der Waals surface area contributed by atoms with Gasteiger partial charge in [0.2, 0.25) is 5.91 Å². The quantitative estimate of drug-likeness (QED) is 0.772. The van der Waals surface area contributed by atoms with Crippen LogP contribution >= 0.6 is 0 Å². The normalized spacial score (nSPS) is 23.7. The van der Waals surface area contributed by atoms with Gasteiger partial charge in [0.05, 0.1) is 0 Å². The highest BCUT2D eigenvalue weighted by atomic mass is 16.3. The van der Waals surface area contributed by atoms with Crippen LogP contribution in [0.3, 0.4) is 0 Å². The van der Waals surface area contributed by atoms with E-state index in [0.29, 0.717) is 30.9 Å². The van der Waals surface area contributed by atoms with Crippen LogP contribution in [0, 0.1) is 0 Å². The van der Waals surface area contributed by atoms with E-state index in [1.165, 1.54) is 5.01 Å². The van der Waals surface area contributed by atoms with Crippen molar-refractivity contribution in [2.75, 3.05) is 7.05 Å². The lowest BCUT2D eigenvalue weighted by molar-refractivity contribution is -0.130. The average molecular weight is 334 g/mol. The van der Waals surface area contributed by atoms with Gasteiger partial charge in [-0.1, -0.05) is 0 Å². The number of hydrogen-bond donors (Lipinski definition) is 2. The van der Waals surface area contributed by atoms with Gasteiger partial charge in [-0.15, -0.1) is 10.2 Å². The summed E-state index contributed by atoms with van der Waals surface area (Å²) in [5, 5.41) is 25.7. The number of aliphatic hydroxyl groups excluding tert-OH is 1. The van der Waals surface area contributed by atoms with Gasteiger partial charge in [-0.05, 0) is 19.8 Å². The molecule has 0 aromatic carbocycles. The summed E-state index contributed by atoms with van der Waals surface area (Å²) >= 11 is 0. The van der Waals surface area contributed by atoms with Gasteiger partial charge in [0.15, 0.2) is 5.82 Å². The molecule has 0 atom stereocenters. The lowest BCUT2D eigenvalue weighted by Crippen LogP contribution is -2.47. The van der Waals surface area contributed by atoms with Crippen LogP contribution in [-0.4, -0.2) is 55.5 Å². The molecule has 0 spiro atoms. The number of carbonyl (C=O) groups is 2. The van der Waals surface area contributed by atoms with Gasteiger partial charge in [-0.25, -0.2) is 5.01 Å². The van der Waals surface area contributed by atoms with Gasteiger partial charge in [-0.3, -0.25) is 9.59 Å². The zero-order valence-corrected chi connectivity index (χ0v) is 13.9. The van der Waals surface area contributed by atoms with Crippen molar-refractivity contribution in [3.8, 4) is 0 Å². The molecule has 2 amide bonds. The zero-order chi connectivity index (χ0) is 17.3. The Morgan fingerprint density at radius 2 is 2.08 bits per heavy atom. The van der Waals surface area contributed by atoms with E-state index in [0.717, 1.165) is 18.7 Å². The van der Waals surface area contributed by atoms with E-state index in [1.807, 2.05) is 11.5 Å². The fourth-order valence-electron chi connectivity index (χ4n) is 3.16. The van der Waals surface area contributed by atoms with E-state index >= 15 is 0 Å². The van der Waals surface area contributed by atoms with E-state index < -0.39 is 0 Å². The Bertz CT molecular complexity index is 677. The Morgan fingerprint density at radius 3 is 2.71 bits per heavy atom. The summed E-state index contributed by atoms with van der Waals surface area (Å²) in [6.07, 6.45) is 2.28. The highest BCUT2D eigenvalue weighted by Gasteiger charge is 2.36. The molecule has 0 unspecified atom stereocenters. The van der Waals surface area contributed by atoms with E-state index in [-0.39, 0.29) is 30.4 Å². The first-order valence-electron chi connectivity index (χ1n) is 8.21. The summed E-state index contributed by atoms with van der Waals surface area (Å²) in [4.78, 5) is 23.6. The molecule has 1 aromatic heterocycles. The molecule has 0 saturated heterocycles. The number of amides is 2. The van der Waals surface area contributed by atoms with Crippen LogP contribution in [-0.2, 0) is 22.7 Å². The molecule has 1 aromatic rings. The van der Waals surface area contributed by atoms with Crippen LogP contribution in [0.2, 0.25) is 0 Å². The highest BCUT2D eigenvalue weighted by Crippen LogP contribution is 2.36. The maximum atomic E-state index is 12.2. The van der Waals surface area contributed by atoms with E-state index in [1.54, 1.807) is 7.05 Å². The Balaban J connectivity index is 1.56. The third-order valence-electron chi connectivity index (χ3n) is 4.62. The summed E-state index contributed by atoms with van der Waals surface area (Å²) in [7, 11) is 1.56. The van der Waals surface area contributed by atoms with Gasteiger partial charge in [-0.2, -0.15) is 5.10 Å². The van der Waals surface area contributed by atoms with Gasteiger partial charge < -0.3 is 15.0 Å². The molecule has 0 bridgehead atoms. The molecule has 1 saturated carbocycles. The third-order valence-corrected chi connectivity index (χ3v) is 4.62. The molecule has 1 aliphatic heterocycles. The molecule has 1 aliphatic carbocycles. The number of hydrazone groups is 1. The first-order valence-corrected chi connectivity index (χ1v) is 8.21. The van der Waals surface area contributed by atoms with Crippen LogP contribution in [0.1, 0.15) is 50.2 Å². The number of nitrogens with zero attached hydrogens (tertiary/aromatic N) is 5. The molecule has 2 aliphatic rings. The second-order valence-corrected chi connectivity index (χ2v) is 6.18. The van der Waals surface area contributed by atoms with Gasteiger partial charge in [0, 0.05) is 38.4 Å². The molecule has 9 nitrogen and oxygen atoms in total. The van der Waals surface area contributed by atoms with Gasteiger partial charge in [0.1, 0.15) is 18.1 Å². The summed E-state index contributed by atoms with van der Waals surface area (Å²) in [6, 6.07) is 0.0766. The van der Waals surface area contributed by atoms with Crippen molar-refractivity contribution in [3.05, 3.63) is 11.6 Å². The number of aromatic nitrogens is 3. The molecule has 9 heteroatoms. The fraction of sp³-hybridized carbons (Fsp3) is 0.667. The SMILES string of the molecule is CCn1c(CO)nnc1C1CC(NC(=O)C2=NN(C)C(=O)CC2)C1. The minimum absolute atomic E-state index is 0.0751. The maximum Gasteiger partial charge on any atom is 0.267 e. The molecule has 24 heavy (non-hydrogen) atoms. The summed E-state index contributed by atoms with van der Waals surface area (Å²) in [6.45, 7) is 2.58. The number of nitrogens with one attached hydrogen (secondary N) is 1. The second kappa shape index (κ2) is 6.68. The van der Waals surface area contributed by atoms with Crippen molar-refractivity contribution in [3.63, 3.8) is 0 Å². The Hall–Kier alpha value is -2.29. The van der Waals surface area contributed by atoms with E-state index in [2.05, 4.69) is 20.6 Å². The molecule has 130 valence electrons. The fourth-order valence-corrected chi connectivity index (χ4v) is 3.16. The average Bonchev–Trinajstić information content (AvgIpc) is 2.95. The Kier molecular flexibility index (Phi) is 4.61. The zero-order valence-electron chi connectivity index (χ0n) is 13.9. The predicted octanol–water partition coefficient (Wildman–Crippen LogP) is -0.239. The van der Waals surface area contributed by atoms with Crippen molar-refractivity contribution in [2.24, 2.45) is 5.10 Å². The summed E-state index contributed by atoms with van der Waals surface area (Å²) in [5.41, 5.74) is 0.403. The molecule has 2 N–H and O–H groups in total. The molecule has 3 rings (SSSR count). The molecule has 1 fully saturated rings. The second-order valence-electron chi connectivity index (χ2n) is 6.18. The number of hydrogen-bond acceptors (Lipinski definition) is 6. The molecule has 0 radical (unpaired) electrons. The molecule has 2 heterocycles. The lowest BCUT2D eigenvalue weighted by Gasteiger charge is -2.35. The van der Waals surface area contributed by atoms with Crippen molar-refractivity contribution in [1.29, 1.82) is 0 Å². The van der Waals surface area contributed by atoms with Crippen LogP contribution in [0.15, 0.2) is 5.10 Å². The van der Waals surface area contributed by atoms with Crippen LogP contribution < -0.4 is 5.32 Å². The van der Waals surface area contributed by atoms with Crippen molar-refractivity contribution in [1.82, 2.24) is 25.1 Å². The topological polar surface area (TPSA) is 113 Å². The van der Waals surface area contributed by atoms with E-state index in [9.17, 15) is 14.7 Å². The summed E-state index contributed by atoms with van der Waals surface area (Å²) in [5.74, 6) is 1.40. The monoisotopic (exact) mass is 334 g/mol. The number of aliphatic hydroxyl groups is 1. The summed E-state index contributed by atoms with van der Waals surface area (Å²) < 4.78 is 1.93. The van der Waals surface area contributed by atoms with Crippen molar-refractivity contribution >= 4 is 17.5 Å². The minimum Gasteiger partial charge on any atom is -0.388 e. The first kappa shape index (κ1) is 16.6.